The van der Waals surface area contributed by atoms with E-state index in [1.165, 1.54) is 54.1 Å². The molecule has 176 valence electrons. The van der Waals surface area contributed by atoms with Gasteiger partial charge in [0.25, 0.3) is 0 Å². The molecule has 1 aliphatic carbocycles. The molecule has 1 heterocycles. The van der Waals surface area contributed by atoms with Crippen LogP contribution in [-0.4, -0.2) is 37.8 Å². The van der Waals surface area contributed by atoms with E-state index < -0.39 is 0 Å². The van der Waals surface area contributed by atoms with Crippen molar-refractivity contribution in [2.75, 3.05) is 27.4 Å². The van der Waals surface area contributed by atoms with E-state index in [-0.39, 0.29) is 11.8 Å². The summed E-state index contributed by atoms with van der Waals surface area (Å²) in [5.41, 5.74) is 3.77. The predicted octanol–water partition coefficient (Wildman–Crippen LogP) is 5.51. The van der Waals surface area contributed by atoms with Crippen LogP contribution in [0, 0.1) is 5.92 Å². The fourth-order valence-electron chi connectivity index (χ4n) is 5.26. The quantitative estimate of drug-likeness (QED) is 0.416. The number of benzene rings is 2. The van der Waals surface area contributed by atoms with Gasteiger partial charge >= 0.3 is 0 Å². The van der Waals surface area contributed by atoms with Gasteiger partial charge in [0, 0.05) is 43.7 Å². The summed E-state index contributed by atoms with van der Waals surface area (Å²) in [7, 11) is 3.35. The van der Waals surface area contributed by atoms with E-state index in [0.29, 0.717) is 25.5 Å². The number of nitrogens with one attached hydrogen (secondary N) is 1. The van der Waals surface area contributed by atoms with Crippen molar-refractivity contribution in [3.63, 3.8) is 0 Å². The van der Waals surface area contributed by atoms with Crippen LogP contribution in [0.3, 0.4) is 0 Å². The fourth-order valence-corrected chi connectivity index (χ4v) is 5.26. The van der Waals surface area contributed by atoms with Crippen LogP contribution in [-0.2, 0) is 16.1 Å². The SMILES string of the molecule is COCCNC(=O)C[C@@H](c1cn(Cc2ccc(OC)cc2)c2ccccc12)C1CCCCC1. The van der Waals surface area contributed by atoms with Gasteiger partial charge < -0.3 is 19.4 Å². The molecule has 4 rings (SSSR count). The van der Waals surface area contributed by atoms with Crippen molar-refractivity contribution >= 4 is 16.8 Å². The Morgan fingerprint density at radius 1 is 1.06 bits per heavy atom. The summed E-state index contributed by atoms with van der Waals surface area (Å²) < 4.78 is 12.8. The number of hydrogen-bond acceptors (Lipinski definition) is 3. The maximum atomic E-state index is 12.9. The van der Waals surface area contributed by atoms with Crippen LogP contribution < -0.4 is 10.1 Å². The maximum absolute atomic E-state index is 12.9. The first-order chi connectivity index (χ1) is 16.2. The number of fused-ring (bicyclic) bond motifs is 1. The summed E-state index contributed by atoms with van der Waals surface area (Å²) in [6.45, 7) is 1.90. The van der Waals surface area contributed by atoms with Gasteiger partial charge in [0.2, 0.25) is 5.91 Å². The van der Waals surface area contributed by atoms with Crippen molar-refractivity contribution in [3.8, 4) is 5.75 Å². The normalized spacial score (nSPS) is 15.5. The number of carbonyl (C=O) groups is 1. The minimum Gasteiger partial charge on any atom is -0.497 e. The van der Waals surface area contributed by atoms with Gasteiger partial charge in [0.05, 0.1) is 13.7 Å². The van der Waals surface area contributed by atoms with E-state index in [9.17, 15) is 4.79 Å². The molecule has 1 aromatic heterocycles. The number of amides is 1. The fraction of sp³-hybridized carbons (Fsp3) is 0.464. The molecule has 0 radical (unpaired) electrons. The van der Waals surface area contributed by atoms with Crippen molar-refractivity contribution < 1.29 is 14.3 Å². The number of para-hydroxylation sites is 1. The first kappa shape index (κ1) is 23.4. The molecule has 2 aromatic carbocycles. The molecule has 1 saturated carbocycles. The van der Waals surface area contributed by atoms with Gasteiger partial charge in [-0.3, -0.25) is 4.79 Å². The smallest absolute Gasteiger partial charge is 0.220 e. The van der Waals surface area contributed by atoms with Crippen molar-refractivity contribution in [3.05, 3.63) is 65.9 Å². The largest absolute Gasteiger partial charge is 0.497 e. The van der Waals surface area contributed by atoms with Crippen LogP contribution in [0.5, 0.6) is 5.75 Å². The second-order valence-corrected chi connectivity index (χ2v) is 9.13. The van der Waals surface area contributed by atoms with Crippen LogP contribution in [0.1, 0.15) is 55.6 Å². The lowest BCUT2D eigenvalue weighted by atomic mass is 9.75. The first-order valence-electron chi connectivity index (χ1n) is 12.2. The molecule has 5 heteroatoms. The Kier molecular flexibility index (Phi) is 8.05. The van der Waals surface area contributed by atoms with Crippen LogP contribution in [0.25, 0.3) is 10.9 Å². The van der Waals surface area contributed by atoms with Crippen molar-refractivity contribution in [2.45, 2.75) is 51.0 Å². The number of carbonyl (C=O) groups excluding carboxylic acids is 1. The molecule has 5 nitrogen and oxygen atoms in total. The summed E-state index contributed by atoms with van der Waals surface area (Å²) in [4.78, 5) is 12.9. The van der Waals surface area contributed by atoms with Crippen LogP contribution in [0.4, 0.5) is 0 Å². The van der Waals surface area contributed by atoms with Gasteiger partial charge in [0.15, 0.2) is 0 Å². The Balaban J connectivity index is 1.65. The topological polar surface area (TPSA) is 52.5 Å². The Bertz CT molecular complexity index is 1030. The van der Waals surface area contributed by atoms with Crippen LogP contribution >= 0.6 is 0 Å². The third kappa shape index (κ3) is 5.77. The highest BCUT2D eigenvalue weighted by Crippen LogP contribution is 2.41. The molecular formula is C28H36N2O3. The molecule has 0 bridgehead atoms. The lowest BCUT2D eigenvalue weighted by Crippen LogP contribution is -2.30. The molecule has 33 heavy (non-hydrogen) atoms. The van der Waals surface area contributed by atoms with E-state index in [0.717, 1.165) is 12.3 Å². The van der Waals surface area contributed by atoms with Crippen molar-refractivity contribution in [1.29, 1.82) is 0 Å². The molecular weight excluding hydrogens is 412 g/mol. The average Bonchev–Trinajstić information content (AvgIpc) is 3.22. The molecule has 0 unspecified atom stereocenters. The van der Waals surface area contributed by atoms with E-state index in [1.807, 2.05) is 12.1 Å². The number of hydrogen-bond donors (Lipinski definition) is 1. The average molecular weight is 449 g/mol. The van der Waals surface area contributed by atoms with E-state index in [1.54, 1.807) is 14.2 Å². The second-order valence-electron chi connectivity index (χ2n) is 9.13. The van der Waals surface area contributed by atoms with Gasteiger partial charge in [-0.25, -0.2) is 0 Å². The third-order valence-corrected chi connectivity index (χ3v) is 6.98. The molecule has 1 N–H and O–H groups in total. The standard InChI is InChI=1S/C28H36N2O3/c1-32-17-16-29-28(31)18-25(22-8-4-3-5-9-22)26-20-30(27-11-7-6-10-24(26)27)19-21-12-14-23(33-2)15-13-21/h6-7,10-15,20,22,25H,3-5,8-9,16-19H2,1-2H3,(H,29,31)/t25-/m1/s1. The molecule has 1 fully saturated rings. The number of nitrogens with zero attached hydrogens (tertiary/aromatic N) is 1. The van der Waals surface area contributed by atoms with Crippen molar-refractivity contribution in [1.82, 2.24) is 9.88 Å². The highest BCUT2D eigenvalue weighted by atomic mass is 16.5. The Morgan fingerprint density at radius 3 is 2.55 bits per heavy atom. The Labute approximate surface area is 197 Å². The predicted molar refractivity (Wildman–Crippen MR) is 133 cm³/mol. The van der Waals surface area contributed by atoms with Crippen LogP contribution in [0.2, 0.25) is 0 Å². The van der Waals surface area contributed by atoms with E-state index >= 15 is 0 Å². The number of ether oxygens (including phenoxy) is 2. The van der Waals surface area contributed by atoms with Gasteiger partial charge in [-0.2, -0.15) is 0 Å². The third-order valence-electron chi connectivity index (χ3n) is 6.98. The number of rotatable bonds is 10. The van der Waals surface area contributed by atoms with Gasteiger partial charge in [0.1, 0.15) is 5.75 Å². The van der Waals surface area contributed by atoms with E-state index in [4.69, 9.17) is 9.47 Å². The minimum absolute atomic E-state index is 0.120. The monoisotopic (exact) mass is 448 g/mol. The highest BCUT2D eigenvalue weighted by molar-refractivity contribution is 5.86. The summed E-state index contributed by atoms with van der Waals surface area (Å²) >= 11 is 0. The maximum Gasteiger partial charge on any atom is 0.220 e. The molecule has 1 atom stereocenters. The molecule has 0 aliphatic heterocycles. The zero-order chi connectivity index (χ0) is 23.0. The summed E-state index contributed by atoms with van der Waals surface area (Å²) in [5.74, 6) is 1.77. The van der Waals surface area contributed by atoms with Gasteiger partial charge in [-0.1, -0.05) is 49.6 Å². The number of aromatic nitrogens is 1. The zero-order valence-electron chi connectivity index (χ0n) is 19.9. The Hall–Kier alpha value is -2.79. The summed E-state index contributed by atoms with van der Waals surface area (Å²) in [6, 6.07) is 16.9. The van der Waals surface area contributed by atoms with E-state index in [2.05, 4.69) is 52.5 Å². The van der Waals surface area contributed by atoms with Gasteiger partial charge in [-0.05, 0) is 54.0 Å². The first-order valence-corrected chi connectivity index (χ1v) is 12.2. The lowest BCUT2D eigenvalue weighted by molar-refractivity contribution is -0.122. The second kappa shape index (κ2) is 11.4. The summed E-state index contributed by atoms with van der Waals surface area (Å²) in [5, 5.41) is 4.32. The molecule has 1 amide bonds. The van der Waals surface area contributed by atoms with Crippen molar-refractivity contribution in [2.24, 2.45) is 5.92 Å². The molecule has 0 saturated heterocycles. The molecule has 0 spiro atoms. The lowest BCUT2D eigenvalue weighted by Gasteiger charge is -2.30. The number of methoxy groups -OCH3 is 2. The molecule has 3 aromatic rings. The minimum atomic E-state index is 0.120. The molecule has 1 aliphatic rings. The van der Waals surface area contributed by atoms with Gasteiger partial charge in [-0.15, -0.1) is 0 Å². The van der Waals surface area contributed by atoms with Crippen LogP contribution in [0.15, 0.2) is 54.7 Å². The Morgan fingerprint density at radius 2 is 1.82 bits per heavy atom. The summed E-state index contributed by atoms with van der Waals surface area (Å²) in [6.07, 6.45) is 9.07. The zero-order valence-corrected chi connectivity index (χ0v) is 19.9. The highest BCUT2D eigenvalue weighted by Gasteiger charge is 2.29.